The average molecular weight is 425 g/mol. The van der Waals surface area contributed by atoms with E-state index in [0.29, 0.717) is 27.2 Å². The van der Waals surface area contributed by atoms with Crippen LogP contribution in [-0.2, 0) is 0 Å². The Morgan fingerprint density at radius 2 is 1.71 bits per heavy atom. The van der Waals surface area contributed by atoms with E-state index in [2.05, 4.69) is 10.3 Å². The standard InChI is InChI=1S/C24H15N3O3S/c28-24(26-18-11-5-7-15-8-6-14-25-22(15)18)23-21(17-10-2-4-13-20(17)31-23)16-9-1-3-12-19(16)27(29)30/h1-14H,(H,26,28). The summed E-state index contributed by atoms with van der Waals surface area (Å²) in [5, 5.41) is 16.4. The molecule has 0 aliphatic heterocycles. The first-order valence-corrected chi connectivity index (χ1v) is 10.4. The van der Waals surface area contributed by atoms with Crippen LogP contribution in [0, 0.1) is 10.1 Å². The predicted octanol–water partition coefficient (Wildman–Crippen LogP) is 6.28. The lowest BCUT2D eigenvalue weighted by molar-refractivity contribution is -0.384. The van der Waals surface area contributed by atoms with Gasteiger partial charge < -0.3 is 5.32 Å². The third-order valence-corrected chi connectivity index (χ3v) is 6.22. The number of para-hydroxylation sites is 2. The normalized spacial score (nSPS) is 11.0. The molecule has 0 bridgehead atoms. The van der Waals surface area contributed by atoms with Gasteiger partial charge >= 0.3 is 0 Å². The first-order chi connectivity index (χ1) is 15.1. The fourth-order valence-electron chi connectivity index (χ4n) is 3.70. The number of benzene rings is 3. The molecule has 31 heavy (non-hydrogen) atoms. The number of hydrogen-bond acceptors (Lipinski definition) is 5. The van der Waals surface area contributed by atoms with Gasteiger partial charge in [0.1, 0.15) is 4.88 Å². The summed E-state index contributed by atoms with van der Waals surface area (Å²) in [6.07, 6.45) is 1.68. The number of pyridine rings is 1. The van der Waals surface area contributed by atoms with Crippen LogP contribution < -0.4 is 5.32 Å². The Balaban J connectivity index is 1.68. The van der Waals surface area contributed by atoms with Gasteiger partial charge in [-0.2, -0.15) is 0 Å². The number of thiophene rings is 1. The van der Waals surface area contributed by atoms with Crippen molar-refractivity contribution in [3.63, 3.8) is 0 Å². The van der Waals surface area contributed by atoms with Crippen LogP contribution >= 0.6 is 11.3 Å². The van der Waals surface area contributed by atoms with E-state index in [-0.39, 0.29) is 11.6 Å². The van der Waals surface area contributed by atoms with Crippen molar-refractivity contribution >= 4 is 49.6 Å². The molecule has 2 heterocycles. The number of carbonyl (C=O) groups is 1. The number of nitrogens with one attached hydrogen (secondary N) is 1. The molecule has 150 valence electrons. The average Bonchev–Trinajstić information content (AvgIpc) is 3.19. The Morgan fingerprint density at radius 1 is 0.935 bits per heavy atom. The number of hydrogen-bond donors (Lipinski definition) is 1. The van der Waals surface area contributed by atoms with Crippen molar-refractivity contribution in [1.82, 2.24) is 4.98 Å². The molecule has 3 aromatic carbocycles. The van der Waals surface area contributed by atoms with Crippen molar-refractivity contribution in [3.8, 4) is 11.1 Å². The molecule has 0 spiro atoms. The quantitative estimate of drug-likeness (QED) is 0.271. The monoisotopic (exact) mass is 425 g/mol. The highest BCUT2D eigenvalue weighted by atomic mass is 32.1. The minimum Gasteiger partial charge on any atom is -0.319 e. The molecule has 7 heteroatoms. The van der Waals surface area contributed by atoms with E-state index in [9.17, 15) is 14.9 Å². The van der Waals surface area contributed by atoms with Crippen LogP contribution in [0.2, 0.25) is 0 Å². The molecule has 5 aromatic rings. The van der Waals surface area contributed by atoms with E-state index in [0.717, 1.165) is 15.5 Å². The van der Waals surface area contributed by atoms with Crippen LogP contribution in [-0.4, -0.2) is 15.8 Å². The molecular formula is C24H15N3O3S. The molecule has 1 amide bonds. The molecule has 0 radical (unpaired) electrons. The molecule has 0 unspecified atom stereocenters. The molecular weight excluding hydrogens is 410 g/mol. The Labute approximate surface area is 180 Å². The smallest absolute Gasteiger partial charge is 0.277 e. The maximum absolute atomic E-state index is 13.4. The van der Waals surface area contributed by atoms with E-state index in [1.165, 1.54) is 17.4 Å². The Morgan fingerprint density at radius 3 is 2.58 bits per heavy atom. The molecule has 0 aliphatic carbocycles. The maximum Gasteiger partial charge on any atom is 0.277 e. The summed E-state index contributed by atoms with van der Waals surface area (Å²) in [6.45, 7) is 0. The molecule has 1 N–H and O–H groups in total. The molecule has 0 aliphatic rings. The summed E-state index contributed by atoms with van der Waals surface area (Å²) < 4.78 is 0.886. The van der Waals surface area contributed by atoms with Gasteiger partial charge in [-0.05, 0) is 24.3 Å². The largest absolute Gasteiger partial charge is 0.319 e. The first-order valence-electron chi connectivity index (χ1n) is 9.54. The minimum absolute atomic E-state index is 0.0352. The minimum atomic E-state index is -0.419. The van der Waals surface area contributed by atoms with E-state index >= 15 is 0 Å². The van der Waals surface area contributed by atoms with Gasteiger partial charge in [-0.15, -0.1) is 11.3 Å². The van der Waals surface area contributed by atoms with Crippen LogP contribution in [0.15, 0.2) is 85.1 Å². The van der Waals surface area contributed by atoms with E-state index in [1.54, 1.807) is 30.5 Å². The molecule has 0 saturated carbocycles. The topological polar surface area (TPSA) is 85.1 Å². The van der Waals surface area contributed by atoms with Crippen LogP contribution in [0.1, 0.15) is 9.67 Å². The Bertz CT molecular complexity index is 1470. The van der Waals surface area contributed by atoms with Crippen LogP contribution in [0.4, 0.5) is 11.4 Å². The Hall–Kier alpha value is -4.10. The number of fused-ring (bicyclic) bond motifs is 2. The van der Waals surface area contributed by atoms with Gasteiger partial charge in [0.15, 0.2) is 0 Å². The number of anilines is 1. The lowest BCUT2D eigenvalue weighted by Gasteiger charge is -2.09. The number of aromatic nitrogens is 1. The third kappa shape index (κ3) is 3.31. The van der Waals surface area contributed by atoms with Crippen molar-refractivity contribution in [1.29, 1.82) is 0 Å². The van der Waals surface area contributed by atoms with E-state index in [1.807, 2.05) is 48.5 Å². The van der Waals surface area contributed by atoms with E-state index in [4.69, 9.17) is 0 Å². The fourth-order valence-corrected chi connectivity index (χ4v) is 4.81. The van der Waals surface area contributed by atoms with Gasteiger partial charge in [0.2, 0.25) is 0 Å². The highest BCUT2D eigenvalue weighted by molar-refractivity contribution is 7.21. The van der Waals surface area contributed by atoms with Crippen molar-refractivity contribution < 1.29 is 9.72 Å². The molecule has 0 atom stereocenters. The number of carbonyl (C=O) groups excluding carboxylic acids is 1. The number of nitro groups is 1. The van der Waals surface area contributed by atoms with Crippen molar-refractivity contribution in [2.24, 2.45) is 0 Å². The van der Waals surface area contributed by atoms with Crippen LogP contribution in [0.5, 0.6) is 0 Å². The summed E-state index contributed by atoms with van der Waals surface area (Å²) in [7, 11) is 0. The molecule has 5 rings (SSSR count). The lowest BCUT2D eigenvalue weighted by Crippen LogP contribution is -2.12. The van der Waals surface area contributed by atoms with Crippen LogP contribution in [0.25, 0.3) is 32.1 Å². The van der Waals surface area contributed by atoms with Crippen LogP contribution in [0.3, 0.4) is 0 Å². The predicted molar refractivity (Wildman–Crippen MR) is 124 cm³/mol. The number of amides is 1. The van der Waals surface area contributed by atoms with Gasteiger partial charge in [0.05, 0.1) is 21.7 Å². The van der Waals surface area contributed by atoms with Gasteiger partial charge in [0, 0.05) is 33.3 Å². The molecule has 6 nitrogen and oxygen atoms in total. The molecule has 0 fully saturated rings. The lowest BCUT2D eigenvalue weighted by atomic mass is 10.00. The fraction of sp³-hybridized carbons (Fsp3) is 0. The highest BCUT2D eigenvalue weighted by Crippen LogP contribution is 2.42. The summed E-state index contributed by atoms with van der Waals surface area (Å²) in [5.74, 6) is -0.326. The first kappa shape index (κ1) is 18.9. The molecule has 2 aromatic heterocycles. The van der Waals surface area contributed by atoms with Crippen molar-refractivity contribution in [3.05, 3.63) is 100 Å². The summed E-state index contributed by atoms with van der Waals surface area (Å²) in [5.41, 5.74) is 2.23. The molecule has 0 saturated heterocycles. The second-order valence-corrected chi connectivity index (χ2v) is 7.96. The van der Waals surface area contributed by atoms with Gasteiger partial charge in [-0.25, -0.2) is 0 Å². The van der Waals surface area contributed by atoms with E-state index < -0.39 is 4.92 Å². The second kappa shape index (κ2) is 7.62. The zero-order chi connectivity index (χ0) is 21.4. The van der Waals surface area contributed by atoms with Crippen molar-refractivity contribution in [2.45, 2.75) is 0 Å². The van der Waals surface area contributed by atoms with Gasteiger partial charge in [0.25, 0.3) is 11.6 Å². The zero-order valence-electron chi connectivity index (χ0n) is 16.1. The van der Waals surface area contributed by atoms with Gasteiger partial charge in [-0.1, -0.05) is 48.5 Å². The van der Waals surface area contributed by atoms with Crippen molar-refractivity contribution in [2.75, 3.05) is 5.32 Å². The number of rotatable bonds is 4. The summed E-state index contributed by atoms with van der Waals surface area (Å²) in [4.78, 5) is 29.5. The Kier molecular flexibility index (Phi) is 4.65. The van der Waals surface area contributed by atoms with Gasteiger partial charge in [-0.3, -0.25) is 19.9 Å². The third-order valence-electron chi connectivity index (χ3n) is 5.05. The number of nitro benzene ring substituents is 1. The second-order valence-electron chi connectivity index (χ2n) is 6.91. The highest BCUT2D eigenvalue weighted by Gasteiger charge is 2.25. The zero-order valence-corrected chi connectivity index (χ0v) is 16.9. The maximum atomic E-state index is 13.4. The summed E-state index contributed by atoms with van der Waals surface area (Å²) >= 11 is 1.32. The SMILES string of the molecule is O=C(Nc1cccc2cccnc12)c1sc2ccccc2c1-c1ccccc1[N+](=O)[O-]. The number of nitrogens with zero attached hydrogens (tertiary/aromatic N) is 2. The summed E-state index contributed by atoms with van der Waals surface area (Å²) in [6, 6.07) is 23.4.